The molecule has 0 amide bonds. The predicted octanol–water partition coefficient (Wildman–Crippen LogP) is 2.90. The van der Waals surface area contributed by atoms with Crippen LogP contribution in [0.15, 0.2) is 36.5 Å². The molecule has 1 aliphatic rings. The van der Waals surface area contributed by atoms with E-state index in [-0.39, 0.29) is 5.41 Å². The van der Waals surface area contributed by atoms with Crippen LogP contribution in [0.2, 0.25) is 0 Å². The fraction of sp³-hybridized carbons (Fsp3) is 0.300. The minimum absolute atomic E-state index is 0.190. The van der Waals surface area contributed by atoms with Gasteiger partial charge in [-0.2, -0.15) is 12.2 Å². The lowest BCUT2D eigenvalue weighted by molar-refractivity contribution is 0.627. The van der Waals surface area contributed by atoms with E-state index in [1.165, 1.54) is 0 Å². The van der Waals surface area contributed by atoms with Gasteiger partial charge in [-0.15, -0.1) is 30.7 Å². The van der Waals surface area contributed by atoms with E-state index in [9.17, 15) is 0 Å². The van der Waals surface area contributed by atoms with Gasteiger partial charge in [0.05, 0.1) is 0 Å². The van der Waals surface area contributed by atoms with Gasteiger partial charge in [-0.25, -0.2) is 0 Å². The molecule has 0 aromatic carbocycles. The first-order valence-corrected chi connectivity index (χ1v) is 3.51. The molecular weight excluding hydrogens is 120 g/mol. The fourth-order valence-corrected chi connectivity index (χ4v) is 0.853. The molecule has 0 radical (unpaired) electrons. The van der Waals surface area contributed by atoms with Gasteiger partial charge in [-0.1, -0.05) is 13.8 Å². The first-order chi connectivity index (χ1) is 4.60. The molecule has 0 N–H and O–H groups in total. The van der Waals surface area contributed by atoms with Gasteiger partial charge in [0.15, 0.2) is 0 Å². The van der Waals surface area contributed by atoms with Crippen LogP contribution in [0.5, 0.6) is 0 Å². The molecule has 0 nitrogen and oxygen atoms in total. The summed E-state index contributed by atoms with van der Waals surface area (Å²) in [5, 5.41) is 0. The summed E-state index contributed by atoms with van der Waals surface area (Å²) in [7, 11) is 0. The van der Waals surface area contributed by atoms with Crippen LogP contribution in [0.25, 0.3) is 0 Å². The molecule has 0 unspecified atom stereocenters. The summed E-state index contributed by atoms with van der Waals surface area (Å²) < 4.78 is 0. The second-order valence-corrected chi connectivity index (χ2v) is 3.26. The third-order valence-electron chi connectivity index (χ3n) is 1.56. The highest BCUT2D eigenvalue weighted by molar-refractivity contribution is 5.34. The minimum Gasteiger partial charge on any atom is -0.171 e. The monoisotopic (exact) mass is 133 g/mol. The average molecular weight is 133 g/mol. The van der Waals surface area contributed by atoms with Crippen molar-refractivity contribution in [2.24, 2.45) is 5.41 Å². The van der Waals surface area contributed by atoms with Crippen molar-refractivity contribution in [2.45, 2.75) is 13.8 Å². The summed E-state index contributed by atoms with van der Waals surface area (Å²) in [6.45, 7) is 8.19. The molecule has 1 aliphatic carbocycles. The summed E-state index contributed by atoms with van der Waals surface area (Å²) in [5.41, 5.74) is 1.26. The van der Waals surface area contributed by atoms with Crippen molar-refractivity contribution in [2.75, 3.05) is 0 Å². The third-order valence-corrected chi connectivity index (χ3v) is 1.56. The second kappa shape index (κ2) is 2.37. The van der Waals surface area contributed by atoms with Crippen LogP contribution >= 0.6 is 0 Å². The lowest BCUT2D eigenvalue weighted by atomic mass is 9.93. The number of hydrogen-bond acceptors (Lipinski definition) is 0. The van der Waals surface area contributed by atoms with Crippen LogP contribution in [0.4, 0.5) is 0 Å². The molecule has 0 fully saturated rings. The lowest BCUT2D eigenvalue weighted by Crippen LogP contribution is -2.00. The third kappa shape index (κ3) is 1.80. The topological polar surface area (TPSA) is 0 Å². The molecule has 0 bridgehead atoms. The number of hydrogen-bond donors (Lipinski definition) is 0. The van der Waals surface area contributed by atoms with E-state index in [0.29, 0.717) is 0 Å². The maximum absolute atomic E-state index is 3.85. The van der Waals surface area contributed by atoms with E-state index >= 15 is 0 Å². The van der Waals surface area contributed by atoms with E-state index < -0.39 is 0 Å². The highest BCUT2D eigenvalue weighted by Gasteiger charge is 2.04. The van der Waals surface area contributed by atoms with Gasteiger partial charge < -0.3 is 0 Å². The Labute approximate surface area is 62.9 Å². The van der Waals surface area contributed by atoms with E-state index in [1.807, 2.05) is 6.42 Å². The molecule has 0 aromatic heterocycles. The highest BCUT2D eigenvalue weighted by Crippen LogP contribution is 2.23. The quantitative estimate of drug-likeness (QED) is 0.446. The Morgan fingerprint density at radius 2 is 2.10 bits per heavy atom. The molecular formula is C10H13-. The molecule has 1 rings (SSSR count). The first kappa shape index (κ1) is 7.20. The lowest BCUT2D eigenvalue weighted by Gasteiger charge is -2.16. The Morgan fingerprint density at radius 1 is 1.40 bits per heavy atom. The molecule has 0 aromatic rings. The Hall–Kier alpha value is -0.910. The van der Waals surface area contributed by atoms with E-state index in [4.69, 9.17) is 0 Å². The Kier molecular flexibility index (Phi) is 1.71. The zero-order valence-corrected chi connectivity index (χ0v) is 6.59. The van der Waals surface area contributed by atoms with Crippen LogP contribution in [-0.2, 0) is 0 Å². The largest absolute Gasteiger partial charge is 0.171 e. The summed E-state index contributed by atoms with van der Waals surface area (Å²) in [5.74, 6) is 0. The van der Waals surface area contributed by atoms with Crippen molar-refractivity contribution in [1.29, 1.82) is 0 Å². The SMILES string of the molecule is C=C1C=CC(C)(C)C=C[CH-]1. The average Bonchev–Trinajstić information content (AvgIpc) is 1.94. The van der Waals surface area contributed by atoms with Crippen LogP contribution < -0.4 is 0 Å². The molecule has 0 atom stereocenters. The van der Waals surface area contributed by atoms with Crippen LogP contribution in [0, 0.1) is 11.8 Å². The van der Waals surface area contributed by atoms with E-state index in [0.717, 1.165) is 5.57 Å². The molecule has 0 saturated carbocycles. The predicted molar refractivity (Wildman–Crippen MR) is 45.5 cm³/mol. The van der Waals surface area contributed by atoms with Crippen LogP contribution in [-0.4, -0.2) is 0 Å². The highest BCUT2D eigenvalue weighted by atomic mass is 14.1. The normalized spacial score (nSPS) is 22.0. The van der Waals surface area contributed by atoms with Crippen LogP contribution in [0.1, 0.15) is 13.8 Å². The van der Waals surface area contributed by atoms with Gasteiger partial charge in [0.2, 0.25) is 0 Å². The minimum atomic E-state index is 0.190. The maximum atomic E-state index is 3.85. The summed E-state index contributed by atoms with van der Waals surface area (Å²) in [6, 6.07) is 0. The zero-order chi connectivity index (χ0) is 7.61. The van der Waals surface area contributed by atoms with Crippen molar-refractivity contribution in [3.05, 3.63) is 42.9 Å². The summed E-state index contributed by atoms with van der Waals surface area (Å²) >= 11 is 0. The smallest absolute Gasteiger partial charge is 0.0403 e. The summed E-state index contributed by atoms with van der Waals surface area (Å²) in [6.07, 6.45) is 10.5. The van der Waals surface area contributed by atoms with E-state index in [2.05, 4.69) is 44.7 Å². The molecule has 0 spiro atoms. The molecule has 0 aliphatic heterocycles. The van der Waals surface area contributed by atoms with Crippen molar-refractivity contribution in [3.63, 3.8) is 0 Å². The van der Waals surface area contributed by atoms with Crippen molar-refractivity contribution in [1.82, 2.24) is 0 Å². The van der Waals surface area contributed by atoms with E-state index in [1.54, 1.807) is 0 Å². The van der Waals surface area contributed by atoms with Gasteiger partial charge in [0.25, 0.3) is 0 Å². The van der Waals surface area contributed by atoms with Gasteiger partial charge in [0, 0.05) is 0 Å². The van der Waals surface area contributed by atoms with Crippen molar-refractivity contribution in [3.8, 4) is 0 Å². The number of rotatable bonds is 0. The van der Waals surface area contributed by atoms with Gasteiger partial charge >= 0.3 is 0 Å². The van der Waals surface area contributed by atoms with Gasteiger partial charge in [-0.05, 0) is 5.41 Å². The Balaban J connectivity index is 2.84. The molecule has 0 saturated heterocycles. The maximum Gasteiger partial charge on any atom is -0.0403 e. The second-order valence-electron chi connectivity index (χ2n) is 3.26. The molecule has 0 heterocycles. The summed E-state index contributed by atoms with van der Waals surface area (Å²) in [4.78, 5) is 0. The van der Waals surface area contributed by atoms with Crippen LogP contribution in [0.3, 0.4) is 0 Å². The Morgan fingerprint density at radius 3 is 2.80 bits per heavy atom. The standard InChI is InChI=1S/C10H13/c1-9-5-4-7-10(2,3)8-6-9/h4-8H,1H2,2-3H3/q-1. The first-order valence-electron chi connectivity index (χ1n) is 3.51. The molecule has 54 valence electrons. The zero-order valence-electron chi connectivity index (χ0n) is 6.59. The molecule has 10 heavy (non-hydrogen) atoms. The number of allylic oxidation sites excluding steroid dienone is 5. The van der Waals surface area contributed by atoms with Gasteiger partial charge in [0.1, 0.15) is 0 Å². The Bertz CT molecular complexity index is 192. The van der Waals surface area contributed by atoms with Gasteiger partial charge in [-0.3, -0.25) is 0 Å². The molecule has 0 heteroatoms. The van der Waals surface area contributed by atoms with Crippen molar-refractivity contribution < 1.29 is 0 Å². The van der Waals surface area contributed by atoms with Crippen molar-refractivity contribution >= 4 is 0 Å². The fourth-order valence-electron chi connectivity index (χ4n) is 0.853.